The third-order valence-electron chi connectivity index (χ3n) is 2.29. The van der Waals surface area contributed by atoms with Gasteiger partial charge in [0.15, 0.2) is 0 Å². The van der Waals surface area contributed by atoms with Gasteiger partial charge >= 0.3 is 5.97 Å². The van der Waals surface area contributed by atoms with Crippen molar-refractivity contribution in [3.63, 3.8) is 0 Å². The summed E-state index contributed by atoms with van der Waals surface area (Å²) in [5, 5.41) is 21.7. The number of amides is 1. The number of carboxylic acid groups (broad SMARTS) is 1. The number of nitrogens with zero attached hydrogens (tertiary/aromatic N) is 4. The number of hydrogen-bond acceptors (Lipinski definition) is 5. The van der Waals surface area contributed by atoms with Gasteiger partial charge in [-0.3, -0.25) is 9.59 Å². The maximum atomic E-state index is 11.6. The second-order valence-electron chi connectivity index (χ2n) is 3.82. The fourth-order valence-electron chi connectivity index (χ4n) is 1.48. The summed E-state index contributed by atoms with van der Waals surface area (Å²) in [6.45, 7) is 0.0177. The molecule has 0 atom stereocenters. The summed E-state index contributed by atoms with van der Waals surface area (Å²) < 4.78 is 1.30. The lowest BCUT2D eigenvalue weighted by Gasteiger charge is -2.05. The number of carbonyl (C=O) groups excluding carboxylic acids is 1. The van der Waals surface area contributed by atoms with Crippen molar-refractivity contribution in [2.24, 2.45) is 0 Å². The molecule has 0 radical (unpaired) electrons. The first-order chi connectivity index (χ1) is 9.13. The Kier molecular flexibility index (Phi) is 3.81. The van der Waals surface area contributed by atoms with E-state index in [1.54, 1.807) is 24.3 Å². The average molecular weight is 261 g/mol. The summed E-state index contributed by atoms with van der Waals surface area (Å²) in [4.78, 5) is 22.1. The number of anilines is 1. The van der Waals surface area contributed by atoms with Gasteiger partial charge in [-0.25, -0.2) is 4.68 Å². The van der Waals surface area contributed by atoms with Crippen LogP contribution in [0.2, 0.25) is 0 Å². The van der Waals surface area contributed by atoms with Crippen LogP contribution in [0.25, 0.3) is 0 Å². The fraction of sp³-hybridized carbons (Fsp3) is 0.182. The smallest absolute Gasteiger partial charge is 0.307 e. The molecule has 8 heteroatoms. The van der Waals surface area contributed by atoms with Crippen LogP contribution in [-0.4, -0.2) is 37.2 Å². The number of hydrogen-bond donors (Lipinski definition) is 2. The number of rotatable bonds is 5. The molecule has 1 amide bonds. The van der Waals surface area contributed by atoms with Crippen molar-refractivity contribution in [2.75, 3.05) is 5.32 Å². The minimum Gasteiger partial charge on any atom is -0.481 e. The summed E-state index contributed by atoms with van der Waals surface area (Å²) in [5.41, 5.74) is 1.26. The van der Waals surface area contributed by atoms with Gasteiger partial charge in [0, 0.05) is 5.69 Å². The van der Waals surface area contributed by atoms with Gasteiger partial charge in [-0.2, -0.15) is 0 Å². The molecule has 0 aliphatic heterocycles. The van der Waals surface area contributed by atoms with Crippen molar-refractivity contribution in [3.8, 4) is 0 Å². The number of aliphatic carboxylic acids is 1. The Bertz CT molecular complexity index is 565. The number of carbonyl (C=O) groups is 2. The van der Waals surface area contributed by atoms with Crippen LogP contribution >= 0.6 is 0 Å². The average Bonchev–Trinajstić information content (AvgIpc) is 2.83. The first-order valence-electron chi connectivity index (χ1n) is 5.45. The van der Waals surface area contributed by atoms with Crippen molar-refractivity contribution >= 4 is 17.6 Å². The summed E-state index contributed by atoms with van der Waals surface area (Å²) in [6, 6.07) is 6.60. The molecule has 0 bridgehead atoms. The van der Waals surface area contributed by atoms with E-state index in [2.05, 4.69) is 20.8 Å². The Labute approximate surface area is 108 Å². The maximum absolute atomic E-state index is 11.6. The SMILES string of the molecule is O=C(O)Cc1ccc(NC(=O)Cn2cnnn2)cc1. The standard InChI is InChI=1S/C11H11N5O3/c17-10(6-16-7-12-14-15-16)13-9-3-1-8(2-4-9)5-11(18)19/h1-4,7H,5-6H2,(H,13,17)(H,18,19). The highest BCUT2D eigenvalue weighted by molar-refractivity contribution is 5.90. The second kappa shape index (κ2) is 5.71. The van der Waals surface area contributed by atoms with Crippen molar-refractivity contribution in [3.05, 3.63) is 36.2 Å². The lowest BCUT2D eigenvalue weighted by Crippen LogP contribution is -2.19. The predicted molar refractivity (Wildman–Crippen MR) is 64.2 cm³/mol. The van der Waals surface area contributed by atoms with Gasteiger partial charge < -0.3 is 10.4 Å². The quantitative estimate of drug-likeness (QED) is 0.780. The van der Waals surface area contributed by atoms with E-state index in [0.717, 1.165) is 0 Å². The van der Waals surface area contributed by atoms with Crippen LogP contribution in [0.3, 0.4) is 0 Å². The Morgan fingerprint density at radius 1 is 1.26 bits per heavy atom. The van der Waals surface area contributed by atoms with E-state index in [4.69, 9.17) is 5.11 Å². The molecule has 0 fully saturated rings. The minimum absolute atomic E-state index is 0.0177. The van der Waals surface area contributed by atoms with Crippen molar-refractivity contribution in [1.82, 2.24) is 20.2 Å². The first-order valence-corrected chi connectivity index (χ1v) is 5.45. The zero-order valence-electron chi connectivity index (χ0n) is 9.85. The van der Waals surface area contributed by atoms with E-state index < -0.39 is 5.97 Å². The van der Waals surface area contributed by atoms with Crippen molar-refractivity contribution in [2.45, 2.75) is 13.0 Å². The lowest BCUT2D eigenvalue weighted by atomic mass is 10.1. The lowest BCUT2D eigenvalue weighted by molar-refractivity contribution is -0.136. The van der Waals surface area contributed by atoms with Crippen LogP contribution in [0, 0.1) is 0 Å². The van der Waals surface area contributed by atoms with E-state index in [1.807, 2.05) is 0 Å². The van der Waals surface area contributed by atoms with Crippen molar-refractivity contribution in [1.29, 1.82) is 0 Å². The Morgan fingerprint density at radius 2 is 2.00 bits per heavy atom. The third kappa shape index (κ3) is 3.87. The molecule has 2 N–H and O–H groups in total. The van der Waals surface area contributed by atoms with Gasteiger partial charge in [-0.1, -0.05) is 12.1 Å². The molecule has 2 rings (SSSR count). The number of tetrazole rings is 1. The molecule has 1 aromatic heterocycles. The number of aromatic nitrogens is 4. The van der Waals surface area contributed by atoms with Crippen LogP contribution in [0.1, 0.15) is 5.56 Å². The van der Waals surface area contributed by atoms with Crippen LogP contribution in [0.15, 0.2) is 30.6 Å². The molecule has 1 heterocycles. The molecule has 1 aromatic carbocycles. The van der Waals surface area contributed by atoms with Gasteiger partial charge in [0.25, 0.3) is 0 Å². The highest BCUT2D eigenvalue weighted by Crippen LogP contribution is 2.10. The molecule has 2 aromatic rings. The second-order valence-corrected chi connectivity index (χ2v) is 3.82. The number of nitrogens with one attached hydrogen (secondary N) is 1. The molecule has 19 heavy (non-hydrogen) atoms. The number of benzene rings is 1. The molecule has 0 unspecified atom stereocenters. The molecule has 0 aliphatic carbocycles. The molecule has 98 valence electrons. The topological polar surface area (TPSA) is 110 Å². The molecule has 0 spiro atoms. The predicted octanol–water partition coefficient (Wildman–Crippen LogP) is -0.0611. The molecule has 0 saturated carbocycles. The Hall–Kier alpha value is -2.77. The summed E-state index contributed by atoms with van der Waals surface area (Å²) in [7, 11) is 0. The summed E-state index contributed by atoms with van der Waals surface area (Å²) in [6.07, 6.45) is 1.30. The molecule has 0 saturated heterocycles. The van der Waals surface area contributed by atoms with E-state index >= 15 is 0 Å². The van der Waals surface area contributed by atoms with Gasteiger partial charge in [-0.05, 0) is 28.1 Å². The van der Waals surface area contributed by atoms with Crippen LogP contribution in [-0.2, 0) is 22.6 Å². The first kappa shape index (κ1) is 12.7. The van der Waals surface area contributed by atoms with Gasteiger partial charge in [0.1, 0.15) is 12.9 Å². The van der Waals surface area contributed by atoms with E-state index in [-0.39, 0.29) is 18.9 Å². The normalized spacial score (nSPS) is 10.1. The van der Waals surface area contributed by atoms with E-state index in [0.29, 0.717) is 11.3 Å². The highest BCUT2D eigenvalue weighted by atomic mass is 16.4. The zero-order chi connectivity index (χ0) is 13.7. The van der Waals surface area contributed by atoms with Crippen LogP contribution in [0.5, 0.6) is 0 Å². The monoisotopic (exact) mass is 261 g/mol. The van der Waals surface area contributed by atoms with Crippen LogP contribution < -0.4 is 5.32 Å². The molecule has 0 aliphatic rings. The van der Waals surface area contributed by atoms with Gasteiger partial charge in [0.2, 0.25) is 5.91 Å². The third-order valence-corrected chi connectivity index (χ3v) is 2.29. The van der Waals surface area contributed by atoms with Gasteiger partial charge in [0.05, 0.1) is 6.42 Å². The fourth-order valence-corrected chi connectivity index (χ4v) is 1.48. The minimum atomic E-state index is -0.893. The van der Waals surface area contributed by atoms with E-state index in [1.165, 1.54) is 11.0 Å². The highest BCUT2D eigenvalue weighted by Gasteiger charge is 2.05. The summed E-state index contributed by atoms with van der Waals surface area (Å²) >= 11 is 0. The van der Waals surface area contributed by atoms with Gasteiger partial charge in [-0.15, -0.1) is 5.10 Å². The van der Waals surface area contributed by atoms with Crippen LogP contribution in [0.4, 0.5) is 5.69 Å². The molecule has 8 nitrogen and oxygen atoms in total. The summed E-state index contributed by atoms with van der Waals surface area (Å²) in [5.74, 6) is -1.16. The molecular weight excluding hydrogens is 250 g/mol. The Balaban J connectivity index is 1.92. The largest absolute Gasteiger partial charge is 0.481 e. The maximum Gasteiger partial charge on any atom is 0.307 e. The van der Waals surface area contributed by atoms with E-state index in [9.17, 15) is 9.59 Å². The van der Waals surface area contributed by atoms with Crippen molar-refractivity contribution < 1.29 is 14.7 Å². The Morgan fingerprint density at radius 3 is 2.58 bits per heavy atom. The molecular formula is C11H11N5O3. The number of carboxylic acids is 1. The zero-order valence-corrected chi connectivity index (χ0v) is 9.85.